The van der Waals surface area contributed by atoms with Gasteiger partial charge in [0.1, 0.15) is 5.75 Å². The van der Waals surface area contributed by atoms with E-state index in [4.69, 9.17) is 11.6 Å². The Labute approximate surface area is 76.5 Å². The molecule has 0 aliphatic carbocycles. The van der Waals surface area contributed by atoms with E-state index < -0.39 is 0 Å². The molecular formula is C9H10ClNO. The third-order valence-electron chi connectivity index (χ3n) is 1.69. The van der Waals surface area contributed by atoms with E-state index >= 15 is 0 Å². The topological polar surface area (TPSA) is 32.6 Å². The van der Waals surface area contributed by atoms with Gasteiger partial charge in [-0.05, 0) is 19.1 Å². The van der Waals surface area contributed by atoms with Crippen LogP contribution in [0.15, 0.2) is 23.2 Å². The summed E-state index contributed by atoms with van der Waals surface area (Å²) in [7, 11) is 1.66. The highest BCUT2D eigenvalue weighted by molar-refractivity contribution is 6.34. The van der Waals surface area contributed by atoms with E-state index in [1.807, 2.05) is 0 Å². The summed E-state index contributed by atoms with van der Waals surface area (Å²) in [5.41, 5.74) is 1.35. The van der Waals surface area contributed by atoms with Crippen LogP contribution in [0.3, 0.4) is 0 Å². The average molecular weight is 184 g/mol. The highest BCUT2D eigenvalue weighted by Crippen LogP contribution is 2.25. The summed E-state index contributed by atoms with van der Waals surface area (Å²) < 4.78 is 0. The predicted octanol–water partition coefficient (Wildman–Crippen LogP) is 2.48. The lowest BCUT2D eigenvalue weighted by Gasteiger charge is -2.04. The second kappa shape index (κ2) is 3.59. The Hall–Kier alpha value is -1.02. The molecular weight excluding hydrogens is 174 g/mol. The number of rotatable bonds is 1. The van der Waals surface area contributed by atoms with Crippen molar-refractivity contribution in [1.82, 2.24) is 0 Å². The van der Waals surface area contributed by atoms with Gasteiger partial charge in [0.05, 0.1) is 10.6 Å². The van der Waals surface area contributed by atoms with E-state index in [1.54, 1.807) is 32.2 Å². The summed E-state index contributed by atoms with van der Waals surface area (Å²) in [6.45, 7) is 1.81. The van der Waals surface area contributed by atoms with Gasteiger partial charge in [-0.2, -0.15) is 0 Å². The minimum atomic E-state index is 0.172. The number of phenols is 1. The predicted molar refractivity (Wildman–Crippen MR) is 51.3 cm³/mol. The number of aromatic hydroxyl groups is 1. The Morgan fingerprint density at radius 2 is 2.17 bits per heavy atom. The molecule has 0 radical (unpaired) electrons. The van der Waals surface area contributed by atoms with Crippen LogP contribution in [-0.2, 0) is 0 Å². The van der Waals surface area contributed by atoms with Crippen LogP contribution in [0.4, 0.5) is 0 Å². The lowest BCUT2D eigenvalue weighted by atomic mass is 10.1. The molecule has 0 heterocycles. The molecule has 0 atom stereocenters. The molecule has 0 spiro atoms. The number of phenolic OH excluding ortho intramolecular Hbond substituents is 1. The minimum Gasteiger partial charge on any atom is -0.507 e. The molecule has 0 fully saturated rings. The highest BCUT2D eigenvalue weighted by Gasteiger charge is 2.07. The summed E-state index contributed by atoms with van der Waals surface area (Å²) in [5.74, 6) is 0.172. The number of hydrogen-bond acceptors (Lipinski definition) is 2. The van der Waals surface area contributed by atoms with Crippen LogP contribution in [0.2, 0.25) is 5.02 Å². The minimum absolute atomic E-state index is 0.172. The van der Waals surface area contributed by atoms with Crippen LogP contribution >= 0.6 is 11.6 Å². The number of halogens is 1. The van der Waals surface area contributed by atoms with Gasteiger partial charge in [0.2, 0.25) is 0 Å². The normalized spacial score (nSPS) is 11.8. The first-order chi connectivity index (χ1) is 5.66. The fraction of sp³-hybridized carbons (Fsp3) is 0.222. The molecule has 3 heteroatoms. The van der Waals surface area contributed by atoms with Gasteiger partial charge in [0.15, 0.2) is 0 Å². The van der Waals surface area contributed by atoms with Crippen LogP contribution in [-0.4, -0.2) is 17.9 Å². The van der Waals surface area contributed by atoms with Gasteiger partial charge in [0.25, 0.3) is 0 Å². The zero-order valence-corrected chi connectivity index (χ0v) is 7.76. The Balaban J connectivity index is 3.31. The van der Waals surface area contributed by atoms with Crippen molar-refractivity contribution in [3.63, 3.8) is 0 Å². The maximum absolute atomic E-state index is 9.43. The van der Waals surface area contributed by atoms with E-state index in [0.717, 1.165) is 5.71 Å². The van der Waals surface area contributed by atoms with Crippen LogP contribution in [0.5, 0.6) is 5.75 Å². The quantitative estimate of drug-likeness (QED) is 0.667. The van der Waals surface area contributed by atoms with Gasteiger partial charge in [-0.3, -0.25) is 4.99 Å². The summed E-state index contributed by atoms with van der Waals surface area (Å²) >= 11 is 5.86. The van der Waals surface area contributed by atoms with Gasteiger partial charge < -0.3 is 5.11 Å². The van der Waals surface area contributed by atoms with Crippen molar-refractivity contribution < 1.29 is 5.11 Å². The van der Waals surface area contributed by atoms with E-state index in [2.05, 4.69) is 4.99 Å². The van der Waals surface area contributed by atoms with Crippen molar-refractivity contribution in [2.45, 2.75) is 6.92 Å². The van der Waals surface area contributed by atoms with Gasteiger partial charge in [0, 0.05) is 12.8 Å². The van der Waals surface area contributed by atoms with Crippen molar-refractivity contribution in [1.29, 1.82) is 0 Å². The molecule has 2 nitrogen and oxygen atoms in total. The zero-order valence-electron chi connectivity index (χ0n) is 7.00. The average Bonchev–Trinajstić information content (AvgIpc) is 2.03. The molecule has 0 unspecified atom stereocenters. The van der Waals surface area contributed by atoms with Crippen molar-refractivity contribution in [2.75, 3.05) is 7.05 Å². The van der Waals surface area contributed by atoms with Gasteiger partial charge in [-0.15, -0.1) is 0 Å². The Kier molecular flexibility index (Phi) is 2.71. The van der Waals surface area contributed by atoms with Crippen LogP contribution in [0.25, 0.3) is 0 Å². The first-order valence-corrected chi connectivity index (χ1v) is 3.96. The number of aliphatic imine (C=N–C) groups is 1. The molecule has 12 heavy (non-hydrogen) atoms. The van der Waals surface area contributed by atoms with E-state index in [0.29, 0.717) is 10.6 Å². The Morgan fingerprint density at radius 1 is 1.50 bits per heavy atom. The van der Waals surface area contributed by atoms with Crippen LogP contribution in [0.1, 0.15) is 12.5 Å². The summed E-state index contributed by atoms with van der Waals surface area (Å²) in [6.07, 6.45) is 0. The fourth-order valence-electron chi connectivity index (χ4n) is 0.983. The molecule has 0 aromatic heterocycles. The van der Waals surface area contributed by atoms with Crippen molar-refractivity contribution in [3.8, 4) is 5.75 Å². The maximum Gasteiger partial charge on any atom is 0.126 e. The smallest absolute Gasteiger partial charge is 0.126 e. The first kappa shape index (κ1) is 9.07. The van der Waals surface area contributed by atoms with Gasteiger partial charge in [-0.1, -0.05) is 17.7 Å². The number of nitrogens with zero attached hydrogens (tertiary/aromatic N) is 1. The summed E-state index contributed by atoms with van der Waals surface area (Å²) in [4.78, 5) is 3.95. The molecule has 1 rings (SSSR count). The molecule has 1 N–H and O–H groups in total. The molecule has 0 aliphatic heterocycles. The van der Waals surface area contributed by atoms with Gasteiger partial charge in [-0.25, -0.2) is 0 Å². The molecule has 0 amide bonds. The van der Waals surface area contributed by atoms with E-state index in [1.165, 1.54) is 0 Å². The maximum atomic E-state index is 9.43. The SMILES string of the molecule is CN=C(C)c1c(O)cccc1Cl. The van der Waals surface area contributed by atoms with Crippen LogP contribution in [0, 0.1) is 0 Å². The lowest BCUT2D eigenvalue weighted by molar-refractivity contribution is 0.474. The highest BCUT2D eigenvalue weighted by atomic mass is 35.5. The summed E-state index contributed by atoms with van der Waals surface area (Å²) in [5, 5.41) is 9.95. The number of benzene rings is 1. The largest absolute Gasteiger partial charge is 0.507 e. The van der Waals surface area contributed by atoms with Crippen molar-refractivity contribution in [2.24, 2.45) is 4.99 Å². The molecule has 1 aromatic carbocycles. The van der Waals surface area contributed by atoms with E-state index in [-0.39, 0.29) is 5.75 Å². The lowest BCUT2D eigenvalue weighted by Crippen LogP contribution is -1.95. The monoisotopic (exact) mass is 183 g/mol. The summed E-state index contributed by atoms with van der Waals surface area (Å²) in [6, 6.07) is 5.02. The van der Waals surface area contributed by atoms with Crippen molar-refractivity contribution >= 4 is 17.3 Å². The molecule has 1 aromatic rings. The zero-order chi connectivity index (χ0) is 9.14. The standard InChI is InChI=1S/C9H10ClNO/c1-6(11-2)9-7(10)4-3-5-8(9)12/h3-5,12H,1-2H3. The van der Waals surface area contributed by atoms with Crippen molar-refractivity contribution in [3.05, 3.63) is 28.8 Å². The molecule has 0 saturated heterocycles. The third-order valence-corrected chi connectivity index (χ3v) is 2.00. The first-order valence-electron chi connectivity index (χ1n) is 3.58. The molecule has 0 bridgehead atoms. The van der Waals surface area contributed by atoms with E-state index in [9.17, 15) is 5.11 Å². The Morgan fingerprint density at radius 3 is 2.67 bits per heavy atom. The Bertz CT molecular complexity index is 300. The molecule has 0 saturated carbocycles. The number of hydrogen-bond donors (Lipinski definition) is 1. The molecule has 0 aliphatic rings. The second-order valence-corrected chi connectivity index (χ2v) is 2.85. The fourth-order valence-corrected chi connectivity index (χ4v) is 1.29. The molecule has 64 valence electrons. The third kappa shape index (κ3) is 1.59. The van der Waals surface area contributed by atoms with Crippen LogP contribution < -0.4 is 0 Å². The van der Waals surface area contributed by atoms with Gasteiger partial charge >= 0.3 is 0 Å². The second-order valence-electron chi connectivity index (χ2n) is 2.44.